The number of carboxylic acids is 1. The normalized spacial score (nSPS) is 13.1. The highest BCUT2D eigenvalue weighted by Crippen LogP contribution is 2.16. The average molecular weight is 314 g/mol. The molecule has 0 radical (unpaired) electrons. The Kier molecular flexibility index (Phi) is 6.17. The number of anilines is 1. The van der Waals surface area contributed by atoms with Crippen LogP contribution in [0.4, 0.5) is 5.69 Å². The standard InChI is InChI=1S/C14H22N2O4S/c1-10(2)8-11(14(17)18)9-16-12-4-6-13(7-5-12)21(19,20)15-3/h4-7,10-11,15-16H,8-9H2,1-3H3,(H,17,18). The van der Waals surface area contributed by atoms with Gasteiger partial charge in [0.2, 0.25) is 10.0 Å². The second-order valence-corrected chi connectivity index (χ2v) is 7.16. The zero-order valence-electron chi connectivity index (χ0n) is 12.5. The molecule has 7 heteroatoms. The molecule has 0 amide bonds. The van der Waals surface area contributed by atoms with Crippen LogP contribution in [-0.4, -0.2) is 33.1 Å². The Bertz CT molecular complexity index is 567. The number of rotatable bonds is 8. The maximum atomic E-state index is 11.6. The summed E-state index contributed by atoms with van der Waals surface area (Å²) in [5.41, 5.74) is 0.694. The van der Waals surface area contributed by atoms with Crippen molar-refractivity contribution in [3.63, 3.8) is 0 Å². The molecule has 0 saturated heterocycles. The second-order valence-electron chi connectivity index (χ2n) is 5.28. The average Bonchev–Trinajstić information content (AvgIpc) is 2.43. The molecule has 0 saturated carbocycles. The highest BCUT2D eigenvalue weighted by atomic mass is 32.2. The fraction of sp³-hybridized carbons (Fsp3) is 0.500. The molecule has 6 nitrogen and oxygen atoms in total. The predicted octanol–water partition coefficient (Wildman–Crippen LogP) is 1.75. The number of nitrogens with one attached hydrogen (secondary N) is 2. The molecule has 0 spiro atoms. The van der Waals surface area contributed by atoms with Crippen LogP contribution in [-0.2, 0) is 14.8 Å². The van der Waals surface area contributed by atoms with Crippen LogP contribution in [0.2, 0.25) is 0 Å². The number of hydrogen-bond donors (Lipinski definition) is 3. The molecule has 0 aliphatic heterocycles. The van der Waals surface area contributed by atoms with Gasteiger partial charge < -0.3 is 10.4 Å². The van der Waals surface area contributed by atoms with Gasteiger partial charge in [-0.05, 0) is 43.7 Å². The first kappa shape index (κ1) is 17.5. The van der Waals surface area contributed by atoms with Crippen molar-refractivity contribution < 1.29 is 18.3 Å². The molecule has 0 aliphatic carbocycles. The monoisotopic (exact) mass is 314 g/mol. The van der Waals surface area contributed by atoms with Gasteiger partial charge in [-0.15, -0.1) is 0 Å². The van der Waals surface area contributed by atoms with Gasteiger partial charge in [0.05, 0.1) is 10.8 Å². The van der Waals surface area contributed by atoms with E-state index >= 15 is 0 Å². The van der Waals surface area contributed by atoms with Crippen molar-refractivity contribution in [2.75, 3.05) is 18.9 Å². The fourth-order valence-electron chi connectivity index (χ4n) is 1.95. The third-order valence-corrected chi connectivity index (χ3v) is 4.52. The van der Waals surface area contributed by atoms with Gasteiger partial charge in [-0.3, -0.25) is 4.79 Å². The van der Waals surface area contributed by atoms with Gasteiger partial charge in [-0.2, -0.15) is 0 Å². The summed E-state index contributed by atoms with van der Waals surface area (Å²) in [6.45, 7) is 4.27. The van der Waals surface area contributed by atoms with Gasteiger partial charge in [0.1, 0.15) is 0 Å². The first-order chi connectivity index (χ1) is 9.76. The molecule has 0 heterocycles. The van der Waals surface area contributed by atoms with E-state index < -0.39 is 21.9 Å². The van der Waals surface area contributed by atoms with Crippen molar-refractivity contribution in [3.8, 4) is 0 Å². The summed E-state index contributed by atoms with van der Waals surface area (Å²) >= 11 is 0. The third-order valence-electron chi connectivity index (χ3n) is 3.09. The Hall–Kier alpha value is -1.60. The fourth-order valence-corrected chi connectivity index (χ4v) is 2.68. The zero-order chi connectivity index (χ0) is 16.0. The third kappa shape index (κ3) is 5.35. The van der Waals surface area contributed by atoms with Gasteiger partial charge in [0, 0.05) is 12.2 Å². The Morgan fingerprint density at radius 1 is 1.24 bits per heavy atom. The summed E-state index contributed by atoms with van der Waals surface area (Å²) in [6, 6.07) is 6.20. The Morgan fingerprint density at radius 3 is 2.24 bits per heavy atom. The van der Waals surface area contributed by atoms with Crippen molar-refractivity contribution in [1.82, 2.24) is 4.72 Å². The van der Waals surface area contributed by atoms with Crippen LogP contribution in [0.1, 0.15) is 20.3 Å². The first-order valence-corrected chi connectivity index (χ1v) is 8.25. The van der Waals surface area contributed by atoms with Gasteiger partial charge in [-0.1, -0.05) is 13.8 Å². The van der Waals surface area contributed by atoms with Gasteiger partial charge in [0.15, 0.2) is 0 Å². The maximum absolute atomic E-state index is 11.6. The molecule has 0 fully saturated rings. The lowest BCUT2D eigenvalue weighted by molar-refractivity contribution is -0.141. The van der Waals surface area contributed by atoms with E-state index in [1.165, 1.54) is 19.2 Å². The molecule has 0 aliphatic rings. The quantitative estimate of drug-likeness (QED) is 0.679. The first-order valence-electron chi connectivity index (χ1n) is 6.76. The Balaban J connectivity index is 2.70. The molecule has 3 N–H and O–H groups in total. The van der Waals surface area contributed by atoms with E-state index in [9.17, 15) is 13.2 Å². The SMILES string of the molecule is CNS(=O)(=O)c1ccc(NCC(CC(C)C)C(=O)O)cc1. The van der Waals surface area contributed by atoms with E-state index in [0.717, 1.165) is 0 Å². The number of carboxylic acid groups (broad SMARTS) is 1. The molecular formula is C14H22N2O4S. The predicted molar refractivity (Wildman–Crippen MR) is 81.8 cm³/mol. The smallest absolute Gasteiger partial charge is 0.308 e. The second kappa shape index (κ2) is 7.42. The minimum absolute atomic E-state index is 0.174. The van der Waals surface area contributed by atoms with E-state index in [1.54, 1.807) is 12.1 Å². The van der Waals surface area contributed by atoms with E-state index in [2.05, 4.69) is 10.0 Å². The van der Waals surface area contributed by atoms with Crippen molar-refractivity contribution in [1.29, 1.82) is 0 Å². The molecule has 1 unspecified atom stereocenters. The molecule has 1 atom stereocenters. The van der Waals surface area contributed by atoms with Crippen LogP contribution < -0.4 is 10.0 Å². The minimum atomic E-state index is -3.45. The zero-order valence-corrected chi connectivity index (χ0v) is 13.3. The summed E-state index contributed by atoms with van der Waals surface area (Å²) in [5.74, 6) is -0.993. The van der Waals surface area contributed by atoms with Crippen LogP contribution in [0.15, 0.2) is 29.2 Å². The molecule has 1 rings (SSSR count). The molecule has 1 aromatic carbocycles. The van der Waals surface area contributed by atoms with E-state index in [0.29, 0.717) is 24.6 Å². The van der Waals surface area contributed by atoms with Crippen LogP contribution in [0.3, 0.4) is 0 Å². The van der Waals surface area contributed by atoms with Crippen molar-refractivity contribution in [3.05, 3.63) is 24.3 Å². The van der Waals surface area contributed by atoms with Crippen LogP contribution in [0, 0.1) is 11.8 Å². The van der Waals surface area contributed by atoms with Gasteiger partial charge >= 0.3 is 5.97 Å². The van der Waals surface area contributed by atoms with Crippen LogP contribution >= 0.6 is 0 Å². The summed E-state index contributed by atoms with van der Waals surface area (Å²) in [5, 5.41) is 12.2. The van der Waals surface area contributed by atoms with Crippen LogP contribution in [0.25, 0.3) is 0 Å². The molecule has 21 heavy (non-hydrogen) atoms. The molecule has 118 valence electrons. The van der Waals surface area contributed by atoms with Crippen molar-refractivity contribution in [2.45, 2.75) is 25.2 Å². The topological polar surface area (TPSA) is 95.5 Å². The Labute approximate surface area is 125 Å². The van der Waals surface area contributed by atoms with Gasteiger partial charge in [-0.25, -0.2) is 13.1 Å². The van der Waals surface area contributed by atoms with Gasteiger partial charge in [0.25, 0.3) is 0 Å². The summed E-state index contributed by atoms with van der Waals surface area (Å²) < 4.78 is 25.4. The maximum Gasteiger partial charge on any atom is 0.308 e. The minimum Gasteiger partial charge on any atom is -0.481 e. The van der Waals surface area contributed by atoms with E-state index in [-0.39, 0.29) is 4.90 Å². The lowest BCUT2D eigenvalue weighted by Gasteiger charge is -2.16. The molecule has 1 aromatic rings. The van der Waals surface area contributed by atoms with Crippen molar-refractivity contribution in [2.24, 2.45) is 11.8 Å². The Morgan fingerprint density at radius 2 is 1.81 bits per heavy atom. The summed E-state index contributed by atoms with van der Waals surface area (Å²) in [6.07, 6.45) is 0.592. The molecule has 0 bridgehead atoms. The summed E-state index contributed by atoms with van der Waals surface area (Å²) in [4.78, 5) is 11.3. The highest BCUT2D eigenvalue weighted by molar-refractivity contribution is 7.89. The number of carbonyl (C=O) groups is 1. The highest BCUT2D eigenvalue weighted by Gasteiger charge is 2.18. The lowest BCUT2D eigenvalue weighted by atomic mass is 9.97. The molecule has 0 aromatic heterocycles. The van der Waals surface area contributed by atoms with E-state index in [4.69, 9.17) is 5.11 Å². The largest absolute Gasteiger partial charge is 0.481 e. The number of benzene rings is 1. The number of sulfonamides is 1. The van der Waals surface area contributed by atoms with Crippen molar-refractivity contribution >= 4 is 21.7 Å². The van der Waals surface area contributed by atoms with Crippen LogP contribution in [0.5, 0.6) is 0 Å². The summed E-state index contributed by atoms with van der Waals surface area (Å²) in [7, 11) is -2.10. The lowest BCUT2D eigenvalue weighted by Crippen LogP contribution is -2.24. The van der Waals surface area contributed by atoms with E-state index in [1.807, 2.05) is 13.8 Å². The number of aliphatic carboxylic acids is 1. The number of hydrogen-bond acceptors (Lipinski definition) is 4. The molecular weight excluding hydrogens is 292 g/mol.